The largest absolute Gasteiger partial charge is 0.378 e. The number of carbonyl (C=O) groups excluding carboxylic acids is 1. The second kappa shape index (κ2) is 6.65. The van der Waals surface area contributed by atoms with Gasteiger partial charge in [-0.2, -0.15) is 0 Å². The van der Waals surface area contributed by atoms with E-state index in [0.29, 0.717) is 5.56 Å². The van der Waals surface area contributed by atoms with Crippen molar-refractivity contribution in [2.24, 2.45) is 0 Å². The summed E-state index contributed by atoms with van der Waals surface area (Å²) in [4.78, 5) is 14.7. The monoisotopic (exact) mass is 322 g/mol. The first-order valence-electron chi connectivity index (χ1n) is 8.65. The van der Waals surface area contributed by atoms with Crippen molar-refractivity contribution in [1.29, 1.82) is 0 Å². The fraction of sp³-hybridized carbons (Fsp3) is 0.350. The van der Waals surface area contributed by atoms with Crippen molar-refractivity contribution >= 4 is 17.3 Å². The molecule has 4 nitrogen and oxygen atoms in total. The van der Waals surface area contributed by atoms with Gasteiger partial charge in [-0.25, -0.2) is 0 Å². The fourth-order valence-corrected chi connectivity index (χ4v) is 3.50. The highest BCUT2D eigenvalue weighted by molar-refractivity contribution is 6.04. The quantitative estimate of drug-likeness (QED) is 0.943. The van der Waals surface area contributed by atoms with Crippen molar-refractivity contribution in [2.45, 2.75) is 19.3 Å². The molecule has 1 fully saturated rings. The van der Waals surface area contributed by atoms with Crippen LogP contribution < -0.4 is 10.2 Å². The molecular weight excluding hydrogens is 300 g/mol. The molecule has 2 aromatic carbocycles. The Balaban J connectivity index is 1.44. The summed E-state index contributed by atoms with van der Waals surface area (Å²) in [5.41, 5.74) is 5.51. The second-order valence-electron chi connectivity index (χ2n) is 6.44. The van der Waals surface area contributed by atoms with E-state index in [9.17, 15) is 4.79 Å². The van der Waals surface area contributed by atoms with Crippen molar-refractivity contribution in [2.75, 3.05) is 36.5 Å². The number of nitrogens with zero attached hydrogens (tertiary/aromatic N) is 1. The number of benzene rings is 2. The number of amides is 1. The van der Waals surface area contributed by atoms with Gasteiger partial charge >= 0.3 is 0 Å². The Morgan fingerprint density at radius 3 is 2.50 bits per heavy atom. The van der Waals surface area contributed by atoms with E-state index in [1.807, 2.05) is 30.3 Å². The molecule has 0 bridgehead atoms. The van der Waals surface area contributed by atoms with Crippen molar-refractivity contribution in [3.63, 3.8) is 0 Å². The van der Waals surface area contributed by atoms with Gasteiger partial charge < -0.3 is 15.0 Å². The summed E-state index contributed by atoms with van der Waals surface area (Å²) in [5.74, 6) is -0.0542. The maximum absolute atomic E-state index is 12.5. The number of hydrogen-bond donors (Lipinski definition) is 1. The van der Waals surface area contributed by atoms with E-state index in [4.69, 9.17) is 4.74 Å². The molecular formula is C20H22N2O2. The average Bonchev–Trinajstić information content (AvgIpc) is 3.10. The van der Waals surface area contributed by atoms with Crippen LogP contribution in [0.3, 0.4) is 0 Å². The molecule has 4 heteroatoms. The number of carbonyl (C=O) groups is 1. The molecule has 0 spiro atoms. The summed E-state index contributed by atoms with van der Waals surface area (Å²) in [5, 5.41) is 3.01. The molecule has 4 rings (SSSR count). The van der Waals surface area contributed by atoms with Crippen molar-refractivity contribution in [3.05, 3.63) is 59.2 Å². The number of anilines is 2. The Hall–Kier alpha value is -2.33. The van der Waals surface area contributed by atoms with Gasteiger partial charge in [-0.3, -0.25) is 4.79 Å². The molecule has 124 valence electrons. The van der Waals surface area contributed by atoms with Gasteiger partial charge in [0.25, 0.3) is 5.91 Å². The first kappa shape index (κ1) is 15.2. The Kier molecular flexibility index (Phi) is 4.22. The van der Waals surface area contributed by atoms with E-state index in [1.54, 1.807) is 0 Å². The summed E-state index contributed by atoms with van der Waals surface area (Å²) in [6.45, 7) is 3.34. The van der Waals surface area contributed by atoms with E-state index in [2.05, 4.69) is 22.3 Å². The van der Waals surface area contributed by atoms with Gasteiger partial charge in [-0.15, -0.1) is 0 Å². The summed E-state index contributed by atoms with van der Waals surface area (Å²) in [7, 11) is 0. The number of nitrogens with one attached hydrogen (secondary N) is 1. The third kappa shape index (κ3) is 3.15. The predicted molar refractivity (Wildman–Crippen MR) is 95.9 cm³/mol. The predicted octanol–water partition coefficient (Wildman–Crippen LogP) is 3.26. The van der Waals surface area contributed by atoms with Gasteiger partial charge in [-0.1, -0.05) is 6.07 Å². The lowest BCUT2D eigenvalue weighted by molar-refractivity contribution is 0.102. The molecule has 1 aliphatic heterocycles. The summed E-state index contributed by atoms with van der Waals surface area (Å²) >= 11 is 0. The van der Waals surface area contributed by atoms with E-state index in [0.717, 1.165) is 50.5 Å². The maximum Gasteiger partial charge on any atom is 0.255 e. The fourth-order valence-electron chi connectivity index (χ4n) is 3.50. The Labute approximate surface area is 142 Å². The molecule has 0 atom stereocenters. The van der Waals surface area contributed by atoms with Crippen LogP contribution in [0.1, 0.15) is 27.9 Å². The van der Waals surface area contributed by atoms with Gasteiger partial charge in [0.05, 0.1) is 13.2 Å². The lowest BCUT2D eigenvalue weighted by Crippen LogP contribution is -2.36. The lowest BCUT2D eigenvalue weighted by atomic mass is 10.1. The molecule has 2 aromatic rings. The van der Waals surface area contributed by atoms with Crippen LogP contribution in [0.5, 0.6) is 0 Å². The van der Waals surface area contributed by atoms with Crippen LogP contribution in [0.25, 0.3) is 0 Å². The Morgan fingerprint density at radius 2 is 1.71 bits per heavy atom. The molecule has 0 saturated carbocycles. The lowest BCUT2D eigenvalue weighted by Gasteiger charge is -2.28. The first-order valence-corrected chi connectivity index (χ1v) is 8.65. The normalized spacial score (nSPS) is 16.8. The average molecular weight is 322 g/mol. The zero-order valence-electron chi connectivity index (χ0n) is 13.8. The van der Waals surface area contributed by atoms with E-state index < -0.39 is 0 Å². The molecule has 1 saturated heterocycles. The van der Waals surface area contributed by atoms with Crippen LogP contribution in [-0.4, -0.2) is 32.2 Å². The topological polar surface area (TPSA) is 41.6 Å². The van der Waals surface area contributed by atoms with Crippen molar-refractivity contribution < 1.29 is 9.53 Å². The first-order chi connectivity index (χ1) is 11.8. The zero-order chi connectivity index (χ0) is 16.4. The maximum atomic E-state index is 12.5. The molecule has 2 aliphatic rings. The molecule has 0 aromatic heterocycles. The minimum absolute atomic E-state index is 0.0542. The van der Waals surface area contributed by atoms with Gasteiger partial charge in [0, 0.05) is 30.0 Å². The van der Waals surface area contributed by atoms with Gasteiger partial charge in [-0.05, 0) is 66.8 Å². The van der Waals surface area contributed by atoms with Gasteiger partial charge in [0.1, 0.15) is 0 Å². The Bertz CT molecular complexity index is 734. The molecule has 1 N–H and O–H groups in total. The smallest absolute Gasteiger partial charge is 0.255 e. The van der Waals surface area contributed by atoms with E-state index >= 15 is 0 Å². The highest BCUT2D eigenvalue weighted by Crippen LogP contribution is 2.25. The van der Waals surface area contributed by atoms with Crippen LogP contribution in [-0.2, 0) is 17.6 Å². The van der Waals surface area contributed by atoms with Crippen LogP contribution in [0.2, 0.25) is 0 Å². The Morgan fingerprint density at radius 1 is 0.958 bits per heavy atom. The second-order valence-corrected chi connectivity index (χ2v) is 6.44. The van der Waals surface area contributed by atoms with Crippen molar-refractivity contribution in [3.8, 4) is 0 Å². The third-order valence-corrected chi connectivity index (χ3v) is 4.86. The number of aryl methyl sites for hydroxylation is 2. The van der Waals surface area contributed by atoms with Gasteiger partial charge in [0.2, 0.25) is 0 Å². The van der Waals surface area contributed by atoms with Crippen LogP contribution >= 0.6 is 0 Å². The minimum atomic E-state index is -0.0542. The summed E-state index contributed by atoms with van der Waals surface area (Å²) in [6, 6.07) is 14.1. The standard InChI is InChI=1S/C20H22N2O2/c23-20(21-18-7-4-15-2-1-3-17(15)14-18)16-5-8-19(9-6-16)22-10-12-24-13-11-22/h4-9,14H,1-3,10-13H2,(H,21,23). The molecule has 24 heavy (non-hydrogen) atoms. The summed E-state index contributed by atoms with van der Waals surface area (Å²) in [6.07, 6.45) is 3.50. The number of ether oxygens (including phenoxy) is 1. The molecule has 1 aliphatic carbocycles. The molecule has 0 radical (unpaired) electrons. The zero-order valence-corrected chi connectivity index (χ0v) is 13.8. The molecule has 0 unspecified atom stereocenters. The van der Waals surface area contributed by atoms with Crippen LogP contribution in [0.4, 0.5) is 11.4 Å². The SMILES string of the molecule is O=C(Nc1ccc2c(c1)CCC2)c1ccc(N2CCOCC2)cc1. The number of rotatable bonds is 3. The molecule has 1 heterocycles. The number of fused-ring (bicyclic) bond motifs is 1. The number of hydrogen-bond acceptors (Lipinski definition) is 3. The minimum Gasteiger partial charge on any atom is -0.378 e. The van der Waals surface area contributed by atoms with Crippen LogP contribution in [0, 0.1) is 0 Å². The number of morpholine rings is 1. The third-order valence-electron chi connectivity index (χ3n) is 4.86. The molecule has 1 amide bonds. The van der Waals surface area contributed by atoms with Crippen molar-refractivity contribution in [1.82, 2.24) is 0 Å². The van der Waals surface area contributed by atoms with E-state index in [-0.39, 0.29) is 5.91 Å². The van der Waals surface area contributed by atoms with Crippen LogP contribution in [0.15, 0.2) is 42.5 Å². The van der Waals surface area contributed by atoms with Gasteiger partial charge in [0.15, 0.2) is 0 Å². The highest BCUT2D eigenvalue weighted by Gasteiger charge is 2.14. The van der Waals surface area contributed by atoms with E-state index in [1.165, 1.54) is 17.5 Å². The summed E-state index contributed by atoms with van der Waals surface area (Å²) < 4.78 is 5.38. The highest BCUT2D eigenvalue weighted by atomic mass is 16.5.